The van der Waals surface area contributed by atoms with E-state index in [0.717, 1.165) is 58.3 Å². The van der Waals surface area contributed by atoms with Crippen LogP contribution in [-0.4, -0.2) is 47.0 Å². The third-order valence-corrected chi connectivity index (χ3v) is 20.5. The first-order valence-corrected chi connectivity index (χ1v) is 31.3. The Bertz CT molecular complexity index is 5020. The van der Waals surface area contributed by atoms with Gasteiger partial charge in [-0.1, -0.05) is 121 Å². The molecule has 454 valence electrons. The first-order valence-electron chi connectivity index (χ1n) is 28.8. The van der Waals surface area contributed by atoms with Crippen molar-refractivity contribution in [3.63, 3.8) is 0 Å². The third-order valence-electron chi connectivity index (χ3n) is 17.0. The minimum atomic E-state index is -2.80. The Kier molecular flexibility index (Phi) is 14.2. The Morgan fingerprint density at radius 2 is 0.699 bits per heavy atom. The molecular weight excluding hydrogens is 1250 g/mol. The molecule has 0 aliphatic heterocycles. The molecule has 0 saturated carbocycles. The second-order valence-corrected chi connectivity index (χ2v) is 25.7. The summed E-state index contributed by atoms with van der Waals surface area (Å²) in [6.45, 7) is -1.66. The van der Waals surface area contributed by atoms with Gasteiger partial charge in [-0.15, -0.1) is 34.0 Å². The average molecular weight is 1290 g/mol. The number of benzene rings is 8. The van der Waals surface area contributed by atoms with E-state index in [2.05, 4.69) is 0 Å². The highest BCUT2D eigenvalue weighted by atomic mass is 32.1. The second kappa shape index (κ2) is 22.5. The number of esters is 4. The second-order valence-electron chi connectivity index (χ2n) is 22.5. The molecule has 0 N–H and O–H groups in total. The summed E-state index contributed by atoms with van der Waals surface area (Å²) in [6.07, 6.45) is 2.58. The maximum atomic E-state index is 16.4. The minimum absolute atomic E-state index is 0.0458. The van der Waals surface area contributed by atoms with Gasteiger partial charge in [0, 0.05) is 68.7 Å². The van der Waals surface area contributed by atoms with E-state index in [4.69, 9.17) is 18.9 Å². The van der Waals surface area contributed by atoms with Gasteiger partial charge in [0.25, 0.3) is 0 Å². The summed E-state index contributed by atoms with van der Waals surface area (Å²) in [5.74, 6) is -12.5. The topological polar surface area (TPSA) is 173 Å². The van der Waals surface area contributed by atoms with E-state index in [1.165, 1.54) is 42.5 Å². The molecule has 11 aromatic rings. The van der Waals surface area contributed by atoms with Crippen molar-refractivity contribution >= 4 is 135 Å². The Morgan fingerprint density at radius 1 is 0.376 bits per heavy atom. The molecule has 0 saturated heterocycles. The molecular formula is C74H40F4O12S3. The predicted molar refractivity (Wildman–Crippen MR) is 340 cm³/mol. The van der Waals surface area contributed by atoms with Crippen LogP contribution in [0, 0.1) is 23.3 Å². The van der Waals surface area contributed by atoms with Gasteiger partial charge in [0.05, 0.1) is 15.8 Å². The molecule has 0 bridgehead atoms. The van der Waals surface area contributed by atoms with Crippen LogP contribution in [0.1, 0.15) is 94.3 Å². The zero-order valence-electron chi connectivity index (χ0n) is 47.9. The van der Waals surface area contributed by atoms with Gasteiger partial charge < -0.3 is 18.9 Å². The van der Waals surface area contributed by atoms with Crippen LogP contribution in [0.5, 0.6) is 0 Å². The molecule has 0 unspecified atom stereocenters. The number of ether oxygens (including phenoxy) is 4. The van der Waals surface area contributed by atoms with Crippen LogP contribution in [0.3, 0.4) is 0 Å². The van der Waals surface area contributed by atoms with E-state index in [1.807, 2.05) is 0 Å². The summed E-state index contributed by atoms with van der Waals surface area (Å²) in [6, 6.07) is 46.1. The van der Waals surface area contributed by atoms with Gasteiger partial charge in [-0.25, -0.2) is 17.6 Å². The molecule has 4 aliphatic rings. The fourth-order valence-corrected chi connectivity index (χ4v) is 16.7. The lowest BCUT2D eigenvalue weighted by Gasteiger charge is -2.29. The molecule has 0 amide bonds. The van der Waals surface area contributed by atoms with E-state index >= 15 is 19.2 Å². The molecule has 0 spiro atoms. The van der Waals surface area contributed by atoms with Crippen molar-refractivity contribution in [1.82, 2.24) is 0 Å². The van der Waals surface area contributed by atoms with Crippen LogP contribution < -0.4 is 0 Å². The summed E-state index contributed by atoms with van der Waals surface area (Å²) >= 11 is 2.76. The van der Waals surface area contributed by atoms with Gasteiger partial charge in [-0.05, 0) is 117 Å². The lowest BCUT2D eigenvalue weighted by molar-refractivity contribution is -0.165. The fourth-order valence-electron chi connectivity index (χ4n) is 12.6. The molecule has 3 aromatic heterocycles. The molecule has 93 heavy (non-hydrogen) atoms. The quantitative estimate of drug-likeness (QED) is 0.0252. The van der Waals surface area contributed by atoms with Crippen LogP contribution in [0.2, 0.25) is 0 Å². The summed E-state index contributed by atoms with van der Waals surface area (Å²) in [5, 5.41) is 0.636. The number of fused-ring (bicyclic) bond motifs is 10. The van der Waals surface area contributed by atoms with Crippen molar-refractivity contribution in [2.75, 3.05) is 0 Å². The predicted octanol–water partition coefficient (Wildman–Crippen LogP) is 15.2. The van der Waals surface area contributed by atoms with Gasteiger partial charge in [0.1, 0.15) is 26.4 Å². The van der Waals surface area contributed by atoms with Crippen molar-refractivity contribution in [1.29, 1.82) is 0 Å². The number of ketones is 4. The molecule has 0 radical (unpaired) electrons. The highest BCUT2D eigenvalue weighted by Gasteiger charge is 2.72. The van der Waals surface area contributed by atoms with Crippen molar-refractivity contribution in [2.24, 2.45) is 0 Å². The number of hydrogen-bond acceptors (Lipinski definition) is 15. The van der Waals surface area contributed by atoms with E-state index in [9.17, 15) is 36.7 Å². The summed E-state index contributed by atoms with van der Waals surface area (Å²) < 4.78 is 84.0. The molecule has 15 rings (SSSR count). The number of allylic oxidation sites excluding steroid dienone is 2. The minimum Gasteiger partial charge on any atom is -0.459 e. The van der Waals surface area contributed by atoms with Crippen LogP contribution >= 0.6 is 34.0 Å². The normalized spacial score (nSPS) is 14.8. The number of carbonyl (C=O) groups excluding carboxylic acids is 8. The Morgan fingerprint density at radius 3 is 1.05 bits per heavy atom. The number of halogens is 4. The number of rotatable bonds is 14. The number of Topliss-reactive ketones (excluding diaryl/α,β-unsaturated/α-hetero) is 4. The summed E-state index contributed by atoms with van der Waals surface area (Å²) in [7, 11) is 0. The van der Waals surface area contributed by atoms with Gasteiger partial charge >= 0.3 is 23.9 Å². The van der Waals surface area contributed by atoms with Crippen molar-refractivity contribution in [3.8, 4) is 0 Å². The van der Waals surface area contributed by atoms with Crippen molar-refractivity contribution in [2.45, 2.75) is 37.3 Å². The number of hydrogen-bond donors (Lipinski definition) is 0. The van der Waals surface area contributed by atoms with Gasteiger partial charge in [-0.2, -0.15) is 0 Å². The molecule has 0 fully saturated rings. The first-order chi connectivity index (χ1) is 45.0. The molecule has 3 heterocycles. The first kappa shape index (κ1) is 58.5. The highest BCUT2D eigenvalue weighted by Crippen LogP contribution is 2.69. The average Bonchev–Trinajstić information content (AvgIpc) is 1.48. The maximum Gasteiger partial charge on any atom is 0.333 e. The number of thiophene rings is 3. The summed E-state index contributed by atoms with van der Waals surface area (Å²) in [4.78, 5) is 123. The monoisotopic (exact) mass is 1290 g/mol. The van der Waals surface area contributed by atoms with Gasteiger partial charge in [0.2, 0.25) is 10.8 Å². The molecule has 19 heteroatoms. The molecule has 4 aliphatic carbocycles. The van der Waals surface area contributed by atoms with E-state index < -0.39 is 113 Å². The molecule has 12 nitrogen and oxygen atoms in total. The Labute approximate surface area is 535 Å². The molecule has 8 aromatic carbocycles. The van der Waals surface area contributed by atoms with E-state index in [1.54, 1.807) is 127 Å². The van der Waals surface area contributed by atoms with Crippen LogP contribution in [-0.2, 0) is 75.4 Å². The van der Waals surface area contributed by atoms with E-state index in [-0.39, 0.29) is 95.9 Å². The largest absolute Gasteiger partial charge is 0.459 e. The van der Waals surface area contributed by atoms with Gasteiger partial charge in [-0.3, -0.25) is 38.4 Å². The zero-order chi connectivity index (χ0) is 64.2. The summed E-state index contributed by atoms with van der Waals surface area (Å²) in [5.41, 5.74) is -5.25. The highest BCUT2D eigenvalue weighted by molar-refractivity contribution is 7.29. The standard InChI is InChI=1S/C74H40F4O12S3/c75-54-25-41-21-47-48(22-42(41)26-55(54)76)63(80)51(62(47)79)29-45-31-53-66(91-45)59-60(73(53,69(83)87-33-37-13-5-1-6-14-37)70(84)88-34-38-15-7-2-8-16-38)68-61(74(59,71(85)89-35-39-17-9-3-10-18-39)72(86)90-36-40-19-11-4-12-20-40)67-58(93-68)32-46(92-67)30-52-64(81)49-23-43-27-56(77)57(78)28-44(43)24-50(49)65(52)82/h1-32H,33-36H2. The SMILES string of the molecule is O=C1C(=Cc2cc3c(s2)C2=C(c4sc5cc(C=C6C(=O)c7cc8cc(F)c(F)cc8cc7C6=O)sc5c4C2(C(=O)OCc2ccccc2)C(=O)OCc2ccccc2)C3(C(=O)OCc2ccccc2)C(=O)OCc2ccccc2)C(=O)c2cc3cc(F)c(F)cc3cc21. The van der Waals surface area contributed by atoms with E-state index in [0.29, 0.717) is 27.0 Å². The van der Waals surface area contributed by atoms with Crippen molar-refractivity contribution < 1.29 is 74.9 Å². The van der Waals surface area contributed by atoms with Crippen LogP contribution in [0.4, 0.5) is 17.6 Å². The third kappa shape index (κ3) is 9.35. The molecule has 0 atom stereocenters. The van der Waals surface area contributed by atoms with Crippen LogP contribution in [0.25, 0.3) is 54.2 Å². The fraction of sp³-hybridized carbons (Fsp3) is 0.0811. The lowest BCUT2D eigenvalue weighted by Crippen LogP contribution is -2.45. The maximum absolute atomic E-state index is 16.4. The number of carbonyl (C=O) groups is 8. The van der Waals surface area contributed by atoms with Crippen LogP contribution in [0.15, 0.2) is 193 Å². The van der Waals surface area contributed by atoms with Crippen molar-refractivity contribution in [3.05, 3.63) is 292 Å². The van der Waals surface area contributed by atoms with Gasteiger partial charge in [0.15, 0.2) is 46.4 Å². The zero-order valence-corrected chi connectivity index (χ0v) is 50.4. The Balaban J connectivity index is 0.973. The lowest BCUT2D eigenvalue weighted by atomic mass is 9.76. The Hall–Kier alpha value is -10.9. The smallest absolute Gasteiger partial charge is 0.333 e.